The highest BCUT2D eigenvalue weighted by Gasteiger charge is 2.18. The van der Waals surface area contributed by atoms with Crippen molar-refractivity contribution in [2.24, 2.45) is 0 Å². The van der Waals surface area contributed by atoms with Gasteiger partial charge in [-0.1, -0.05) is 6.07 Å². The average Bonchev–Trinajstić information content (AvgIpc) is 2.60. The summed E-state index contributed by atoms with van der Waals surface area (Å²) >= 11 is 0. The Bertz CT molecular complexity index is 743. The number of hydrogen-bond donors (Lipinski definition) is 1. The summed E-state index contributed by atoms with van der Waals surface area (Å²) < 4.78 is 12.9. The van der Waals surface area contributed by atoms with Crippen molar-refractivity contribution in [2.45, 2.75) is 19.9 Å². The first-order chi connectivity index (χ1) is 12.0. The lowest BCUT2D eigenvalue weighted by molar-refractivity contribution is -0.132. The van der Waals surface area contributed by atoms with Gasteiger partial charge in [-0.2, -0.15) is 0 Å². The first-order valence-corrected chi connectivity index (χ1v) is 7.90. The second-order valence-electron chi connectivity index (χ2n) is 5.73. The van der Waals surface area contributed by atoms with Gasteiger partial charge in [-0.3, -0.25) is 14.6 Å². The standard InChI is InChI=1S/C19H20FN3O2/c1-14(2)23(19(25)10-5-15-4-3-11-21-12-15)13-18(24)22-17-8-6-16(20)7-9-17/h3-12,14H,13H2,1-2H3,(H,22,24)/b10-5+. The van der Waals surface area contributed by atoms with Crippen LogP contribution in [0.15, 0.2) is 54.9 Å². The maximum absolute atomic E-state index is 12.9. The second kappa shape index (κ2) is 8.73. The number of pyridine rings is 1. The van der Waals surface area contributed by atoms with E-state index in [-0.39, 0.29) is 30.2 Å². The fourth-order valence-corrected chi connectivity index (χ4v) is 2.14. The molecule has 2 rings (SSSR count). The lowest BCUT2D eigenvalue weighted by Gasteiger charge is -2.24. The molecule has 25 heavy (non-hydrogen) atoms. The van der Waals surface area contributed by atoms with Crippen molar-refractivity contribution < 1.29 is 14.0 Å². The number of hydrogen-bond acceptors (Lipinski definition) is 3. The molecule has 6 heteroatoms. The third-order valence-electron chi connectivity index (χ3n) is 3.45. The Labute approximate surface area is 146 Å². The number of benzene rings is 1. The summed E-state index contributed by atoms with van der Waals surface area (Å²) in [5.41, 5.74) is 1.28. The molecule has 0 aliphatic rings. The first kappa shape index (κ1) is 18.3. The van der Waals surface area contributed by atoms with E-state index in [0.717, 1.165) is 5.56 Å². The van der Waals surface area contributed by atoms with Gasteiger partial charge in [0, 0.05) is 30.2 Å². The van der Waals surface area contributed by atoms with Gasteiger partial charge in [0.15, 0.2) is 0 Å². The second-order valence-corrected chi connectivity index (χ2v) is 5.73. The number of amides is 2. The van der Waals surface area contributed by atoms with E-state index in [1.54, 1.807) is 24.5 Å². The minimum atomic E-state index is -0.377. The Hall–Kier alpha value is -3.02. The summed E-state index contributed by atoms with van der Waals surface area (Å²) in [6.45, 7) is 3.58. The fraction of sp³-hybridized carbons (Fsp3) is 0.211. The molecule has 1 heterocycles. The van der Waals surface area contributed by atoms with Gasteiger partial charge in [0.25, 0.3) is 0 Å². The summed E-state index contributed by atoms with van der Waals surface area (Å²) in [5, 5.41) is 2.65. The predicted octanol–water partition coefficient (Wildman–Crippen LogP) is 3.11. The molecule has 0 aliphatic carbocycles. The van der Waals surface area contributed by atoms with Crippen molar-refractivity contribution in [3.8, 4) is 0 Å². The molecule has 2 amide bonds. The van der Waals surface area contributed by atoms with Crippen molar-refractivity contribution in [1.29, 1.82) is 0 Å². The molecule has 0 spiro atoms. The molecule has 0 atom stereocenters. The topological polar surface area (TPSA) is 62.3 Å². The highest BCUT2D eigenvalue weighted by molar-refractivity contribution is 5.98. The van der Waals surface area contributed by atoms with Crippen molar-refractivity contribution >= 4 is 23.6 Å². The highest BCUT2D eigenvalue weighted by atomic mass is 19.1. The Balaban J connectivity index is 1.99. The number of anilines is 1. The van der Waals surface area contributed by atoms with Crippen LogP contribution in [0.4, 0.5) is 10.1 Å². The van der Waals surface area contributed by atoms with Gasteiger partial charge in [0.05, 0.1) is 0 Å². The fourth-order valence-electron chi connectivity index (χ4n) is 2.14. The van der Waals surface area contributed by atoms with E-state index in [1.165, 1.54) is 35.2 Å². The Morgan fingerprint density at radius 3 is 2.56 bits per heavy atom. The minimum Gasteiger partial charge on any atom is -0.327 e. The largest absolute Gasteiger partial charge is 0.327 e. The van der Waals surface area contributed by atoms with E-state index >= 15 is 0 Å². The Morgan fingerprint density at radius 1 is 1.24 bits per heavy atom. The molecule has 0 unspecified atom stereocenters. The van der Waals surface area contributed by atoms with E-state index in [4.69, 9.17) is 0 Å². The van der Waals surface area contributed by atoms with Gasteiger partial charge < -0.3 is 10.2 Å². The normalized spacial score (nSPS) is 10.9. The van der Waals surface area contributed by atoms with Crippen LogP contribution in [0.3, 0.4) is 0 Å². The molecule has 0 radical (unpaired) electrons. The number of aromatic nitrogens is 1. The molecule has 5 nitrogen and oxygen atoms in total. The van der Waals surface area contributed by atoms with Crippen LogP contribution in [0, 0.1) is 5.82 Å². The molecular weight excluding hydrogens is 321 g/mol. The molecule has 0 bridgehead atoms. The number of halogens is 1. The summed E-state index contributed by atoms with van der Waals surface area (Å²) in [5.74, 6) is -0.992. The van der Waals surface area contributed by atoms with Crippen LogP contribution >= 0.6 is 0 Å². The number of carbonyl (C=O) groups excluding carboxylic acids is 2. The van der Waals surface area contributed by atoms with Crippen molar-refractivity contribution in [3.05, 3.63) is 66.2 Å². The molecule has 130 valence electrons. The smallest absolute Gasteiger partial charge is 0.247 e. The lowest BCUT2D eigenvalue weighted by atomic mass is 10.2. The summed E-state index contributed by atoms with van der Waals surface area (Å²) in [4.78, 5) is 30.0. The number of nitrogens with one attached hydrogen (secondary N) is 1. The molecule has 2 aromatic rings. The van der Waals surface area contributed by atoms with Crippen molar-refractivity contribution in [1.82, 2.24) is 9.88 Å². The zero-order valence-corrected chi connectivity index (χ0v) is 14.1. The monoisotopic (exact) mass is 341 g/mol. The third-order valence-corrected chi connectivity index (χ3v) is 3.45. The SMILES string of the molecule is CC(C)N(CC(=O)Nc1ccc(F)cc1)C(=O)/C=C/c1cccnc1. The molecule has 0 saturated heterocycles. The van der Waals surface area contributed by atoms with Gasteiger partial charge in [0.1, 0.15) is 12.4 Å². The molecule has 0 fully saturated rings. The van der Waals surface area contributed by atoms with E-state index in [9.17, 15) is 14.0 Å². The zero-order valence-electron chi connectivity index (χ0n) is 14.1. The van der Waals surface area contributed by atoms with Crippen molar-refractivity contribution in [2.75, 3.05) is 11.9 Å². The summed E-state index contributed by atoms with van der Waals surface area (Å²) in [6, 6.07) is 8.92. The first-order valence-electron chi connectivity index (χ1n) is 7.90. The van der Waals surface area contributed by atoms with E-state index < -0.39 is 0 Å². The number of nitrogens with zero attached hydrogens (tertiary/aromatic N) is 2. The van der Waals surface area contributed by atoms with Crippen LogP contribution in [0.1, 0.15) is 19.4 Å². The van der Waals surface area contributed by atoms with Crippen LogP contribution in [-0.2, 0) is 9.59 Å². The molecule has 1 aromatic carbocycles. The molecule has 0 aliphatic heterocycles. The molecular formula is C19H20FN3O2. The van der Waals surface area contributed by atoms with Crippen LogP contribution in [0.25, 0.3) is 6.08 Å². The van der Waals surface area contributed by atoms with Crippen LogP contribution < -0.4 is 5.32 Å². The minimum absolute atomic E-state index is 0.0920. The quantitative estimate of drug-likeness (QED) is 0.821. The van der Waals surface area contributed by atoms with Gasteiger partial charge >= 0.3 is 0 Å². The summed E-state index contributed by atoms with van der Waals surface area (Å²) in [7, 11) is 0. The maximum Gasteiger partial charge on any atom is 0.247 e. The van der Waals surface area contributed by atoms with Gasteiger partial charge in [0.2, 0.25) is 11.8 Å². The maximum atomic E-state index is 12.9. The molecule has 0 saturated carbocycles. The van der Waals surface area contributed by atoms with E-state index in [0.29, 0.717) is 5.69 Å². The molecule has 1 N–H and O–H groups in total. The Morgan fingerprint density at radius 2 is 1.96 bits per heavy atom. The number of carbonyl (C=O) groups is 2. The van der Waals surface area contributed by atoms with E-state index in [1.807, 2.05) is 19.9 Å². The van der Waals surface area contributed by atoms with Crippen LogP contribution in [-0.4, -0.2) is 34.3 Å². The Kier molecular flexibility index (Phi) is 6.39. The van der Waals surface area contributed by atoms with E-state index in [2.05, 4.69) is 10.3 Å². The van der Waals surface area contributed by atoms with Gasteiger partial charge in [-0.15, -0.1) is 0 Å². The molecule has 1 aromatic heterocycles. The zero-order chi connectivity index (χ0) is 18.2. The van der Waals surface area contributed by atoms with Gasteiger partial charge in [-0.25, -0.2) is 4.39 Å². The summed E-state index contributed by atoms with van der Waals surface area (Å²) in [6.07, 6.45) is 6.37. The highest BCUT2D eigenvalue weighted by Crippen LogP contribution is 2.09. The van der Waals surface area contributed by atoms with Crippen molar-refractivity contribution in [3.63, 3.8) is 0 Å². The third kappa shape index (κ3) is 5.84. The number of rotatable bonds is 6. The van der Waals surface area contributed by atoms with Crippen LogP contribution in [0.5, 0.6) is 0 Å². The lowest BCUT2D eigenvalue weighted by Crippen LogP contribution is -2.41. The van der Waals surface area contributed by atoms with Crippen LogP contribution in [0.2, 0.25) is 0 Å². The van der Waals surface area contributed by atoms with Gasteiger partial charge in [-0.05, 0) is 55.8 Å². The predicted molar refractivity (Wildman–Crippen MR) is 95.1 cm³/mol. The average molecular weight is 341 g/mol.